The molecular formula is C21H23ClN4O. The second kappa shape index (κ2) is 8.43. The predicted molar refractivity (Wildman–Crippen MR) is 108 cm³/mol. The van der Waals surface area contributed by atoms with Crippen LogP contribution in [0, 0.1) is 11.3 Å². The molecule has 1 heterocycles. The van der Waals surface area contributed by atoms with E-state index in [-0.39, 0.29) is 11.9 Å². The first-order valence-electron chi connectivity index (χ1n) is 8.95. The number of benzene rings is 2. The predicted octanol–water partition coefficient (Wildman–Crippen LogP) is 3.43. The van der Waals surface area contributed by atoms with Crippen LogP contribution >= 0.6 is 11.6 Å². The van der Waals surface area contributed by atoms with Crippen molar-refractivity contribution in [2.24, 2.45) is 0 Å². The Hall–Kier alpha value is -2.55. The number of hydrogen-bond donors (Lipinski definition) is 0. The van der Waals surface area contributed by atoms with Crippen LogP contribution in [0.25, 0.3) is 0 Å². The van der Waals surface area contributed by atoms with Gasteiger partial charge in [-0.05, 0) is 35.9 Å². The van der Waals surface area contributed by atoms with Crippen LogP contribution in [0.2, 0.25) is 5.02 Å². The Morgan fingerprint density at radius 3 is 2.33 bits per heavy atom. The second-order valence-electron chi connectivity index (χ2n) is 6.86. The number of anilines is 1. The van der Waals surface area contributed by atoms with E-state index in [4.69, 9.17) is 11.6 Å². The van der Waals surface area contributed by atoms with E-state index >= 15 is 0 Å². The molecule has 27 heavy (non-hydrogen) atoms. The van der Waals surface area contributed by atoms with Gasteiger partial charge in [0.2, 0.25) is 0 Å². The van der Waals surface area contributed by atoms with Crippen LogP contribution in [-0.2, 0) is 0 Å². The molecule has 0 aromatic heterocycles. The summed E-state index contributed by atoms with van der Waals surface area (Å²) in [6.07, 6.45) is 0. The number of rotatable bonds is 4. The summed E-state index contributed by atoms with van der Waals surface area (Å²) in [5.41, 5.74) is 2.69. The van der Waals surface area contributed by atoms with Gasteiger partial charge in [0.25, 0.3) is 5.91 Å². The number of carbonyl (C=O) groups is 1. The van der Waals surface area contributed by atoms with Crippen molar-refractivity contribution >= 4 is 23.2 Å². The fourth-order valence-corrected chi connectivity index (χ4v) is 3.50. The number of halogens is 1. The second-order valence-corrected chi connectivity index (χ2v) is 7.29. The summed E-state index contributed by atoms with van der Waals surface area (Å²) in [6.45, 7) is 2.53. The Morgan fingerprint density at radius 1 is 1.11 bits per heavy atom. The van der Waals surface area contributed by atoms with Crippen molar-refractivity contribution in [2.75, 3.05) is 45.2 Å². The molecule has 0 saturated carbocycles. The molecular weight excluding hydrogens is 360 g/mol. The van der Waals surface area contributed by atoms with Gasteiger partial charge in [-0.1, -0.05) is 29.8 Å². The minimum absolute atomic E-state index is 0.0130. The van der Waals surface area contributed by atoms with Crippen LogP contribution in [0.5, 0.6) is 0 Å². The number of amides is 1. The maximum Gasteiger partial charge on any atom is 0.253 e. The van der Waals surface area contributed by atoms with E-state index in [0.717, 1.165) is 11.3 Å². The average molecular weight is 383 g/mol. The quantitative estimate of drug-likeness (QED) is 0.812. The largest absolute Gasteiger partial charge is 0.378 e. The van der Waals surface area contributed by atoms with Gasteiger partial charge >= 0.3 is 0 Å². The van der Waals surface area contributed by atoms with Crippen molar-refractivity contribution in [1.29, 1.82) is 5.26 Å². The highest BCUT2D eigenvalue weighted by Gasteiger charge is 2.27. The highest BCUT2D eigenvalue weighted by Crippen LogP contribution is 2.24. The van der Waals surface area contributed by atoms with Crippen LogP contribution < -0.4 is 4.90 Å². The summed E-state index contributed by atoms with van der Waals surface area (Å²) < 4.78 is 0. The van der Waals surface area contributed by atoms with E-state index in [1.54, 1.807) is 24.3 Å². The third-order valence-corrected chi connectivity index (χ3v) is 5.12. The zero-order valence-corrected chi connectivity index (χ0v) is 16.4. The SMILES string of the molecule is CN(C)c1ccc(C(C#N)N2CCN(C(=O)c3cccc(Cl)c3)CC2)cc1. The summed E-state index contributed by atoms with van der Waals surface area (Å²) in [4.78, 5) is 18.6. The molecule has 2 aromatic carbocycles. The number of nitriles is 1. The molecule has 1 amide bonds. The normalized spacial score (nSPS) is 15.9. The third kappa shape index (κ3) is 4.41. The molecule has 1 aliphatic rings. The first-order chi connectivity index (χ1) is 13.0. The maximum atomic E-state index is 12.6. The number of piperazine rings is 1. The van der Waals surface area contributed by atoms with Gasteiger partial charge in [-0.25, -0.2) is 0 Å². The first-order valence-corrected chi connectivity index (χ1v) is 9.33. The summed E-state index contributed by atoms with van der Waals surface area (Å²) in [7, 11) is 3.99. The van der Waals surface area contributed by atoms with E-state index < -0.39 is 0 Å². The molecule has 2 aromatic rings. The van der Waals surface area contributed by atoms with E-state index in [9.17, 15) is 10.1 Å². The van der Waals surface area contributed by atoms with Gasteiger partial charge in [-0.2, -0.15) is 5.26 Å². The Labute approximate surface area is 165 Å². The van der Waals surface area contributed by atoms with E-state index in [2.05, 4.69) is 11.0 Å². The minimum Gasteiger partial charge on any atom is -0.378 e. The molecule has 1 fully saturated rings. The molecule has 5 nitrogen and oxygen atoms in total. The van der Waals surface area contributed by atoms with Crippen LogP contribution in [0.1, 0.15) is 22.0 Å². The van der Waals surface area contributed by atoms with Crippen LogP contribution in [0.3, 0.4) is 0 Å². The smallest absolute Gasteiger partial charge is 0.253 e. The first kappa shape index (κ1) is 19.2. The van der Waals surface area contributed by atoms with Crippen molar-refractivity contribution in [3.05, 3.63) is 64.7 Å². The molecule has 140 valence electrons. The zero-order chi connectivity index (χ0) is 19.4. The lowest BCUT2D eigenvalue weighted by Gasteiger charge is -2.37. The highest BCUT2D eigenvalue weighted by atomic mass is 35.5. The summed E-state index contributed by atoms with van der Waals surface area (Å²) in [5, 5.41) is 10.3. The van der Waals surface area contributed by atoms with Crippen LogP contribution in [-0.4, -0.2) is 56.0 Å². The molecule has 0 spiro atoms. The van der Waals surface area contributed by atoms with E-state index in [1.165, 1.54) is 0 Å². The van der Waals surface area contributed by atoms with Crippen molar-refractivity contribution < 1.29 is 4.79 Å². The van der Waals surface area contributed by atoms with Gasteiger partial charge in [-0.3, -0.25) is 9.69 Å². The summed E-state index contributed by atoms with van der Waals surface area (Å²) >= 11 is 5.99. The molecule has 0 aliphatic carbocycles. The Kier molecular flexibility index (Phi) is 6.00. The Morgan fingerprint density at radius 2 is 1.78 bits per heavy atom. The number of carbonyl (C=O) groups excluding carboxylic acids is 1. The minimum atomic E-state index is -0.301. The van der Waals surface area contributed by atoms with Gasteiger partial charge in [0.15, 0.2) is 0 Å². The molecule has 6 heteroatoms. The molecule has 0 bridgehead atoms. The average Bonchev–Trinajstić information content (AvgIpc) is 2.69. The molecule has 1 atom stereocenters. The number of nitrogens with zero attached hydrogens (tertiary/aromatic N) is 4. The number of hydrogen-bond acceptors (Lipinski definition) is 4. The molecule has 1 aliphatic heterocycles. The summed E-state index contributed by atoms with van der Waals surface area (Å²) in [6, 6.07) is 17.2. The summed E-state index contributed by atoms with van der Waals surface area (Å²) in [5.74, 6) is -0.0130. The lowest BCUT2D eigenvalue weighted by molar-refractivity contribution is 0.0606. The topological polar surface area (TPSA) is 50.6 Å². The van der Waals surface area contributed by atoms with E-state index in [0.29, 0.717) is 36.8 Å². The molecule has 1 unspecified atom stereocenters. The highest BCUT2D eigenvalue weighted by molar-refractivity contribution is 6.30. The molecule has 1 saturated heterocycles. The maximum absolute atomic E-state index is 12.6. The lowest BCUT2D eigenvalue weighted by Crippen LogP contribution is -2.49. The fraction of sp³-hybridized carbons (Fsp3) is 0.333. The van der Waals surface area contributed by atoms with Crippen molar-refractivity contribution in [2.45, 2.75) is 6.04 Å². The van der Waals surface area contributed by atoms with Gasteiger partial charge in [0.05, 0.1) is 6.07 Å². The van der Waals surface area contributed by atoms with Gasteiger partial charge < -0.3 is 9.80 Å². The molecule has 0 radical (unpaired) electrons. The van der Waals surface area contributed by atoms with Gasteiger partial charge in [0, 0.05) is 56.5 Å². The Balaban J connectivity index is 1.65. The van der Waals surface area contributed by atoms with Crippen molar-refractivity contribution in [3.8, 4) is 6.07 Å². The lowest BCUT2D eigenvalue weighted by atomic mass is 10.0. The van der Waals surface area contributed by atoms with Crippen molar-refractivity contribution in [1.82, 2.24) is 9.80 Å². The van der Waals surface area contributed by atoms with Gasteiger partial charge in [-0.15, -0.1) is 0 Å². The standard InChI is InChI=1S/C21H23ClN4O/c1-24(2)19-8-6-16(7-9-19)20(15-23)25-10-12-26(13-11-25)21(27)17-4-3-5-18(22)14-17/h3-9,14,20H,10-13H2,1-2H3. The zero-order valence-electron chi connectivity index (χ0n) is 15.6. The van der Waals surface area contributed by atoms with Gasteiger partial charge in [0.1, 0.15) is 6.04 Å². The molecule has 0 N–H and O–H groups in total. The molecule has 3 rings (SSSR count). The van der Waals surface area contributed by atoms with Crippen LogP contribution in [0.15, 0.2) is 48.5 Å². The van der Waals surface area contributed by atoms with Crippen LogP contribution in [0.4, 0.5) is 5.69 Å². The fourth-order valence-electron chi connectivity index (χ4n) is 3.31. The third-order valence-electron chi connectivity index (χ3n) is 4.89. The monoisotopic (exact) mass is 382 g/mol. The van der Waals surface area contributed by atoms with Crippen molar-refractivity contribution in [3.63, 3.8) is 0 Å². The van der Waals surface area contributed by atoms with E-state index in [1.807, 2.05) is 48.2 Å². The Bertz CT molecular complexity index is 836.